The fraction of sp³-hybridized carbons (Fsp3) is 0.609. The summed E-state index contributed by atoms with van der Waals surface area (Å²) in [5.41, 5.74) is 4.10. The third kappa shape index (κ3) is 2.35. The van der Waals surface area contributed by atoms with E-state index in [1.54, 1.807) is 0 Å². The van der Waals surface area contributed by atoms with Crippen LogP contribution in [0.15, 0.2) is 36.0 Å². The predicted octanol–water partition coefficient (Wildman–Crippen LogP) is 5.47. The van der Waals surface area contributed by atoms with Gasteiger partial charge in [-0.3, -0.25) is 4.90 Å². The van der Waals surface area contributed by atoms with Gasteiger partial charge in [0.2, 0.25) is 0 Å². The molecule has 1 aromatic rings. The number of amides is 1. The van der Waals surface area contributed by atoms with Crippen molar-refractivity contribution in [2.24, 2.45) is 23.7 Å². The number of carbonyl (C=O) groups excluding carboxylic acids is 1. The molecule has 0 unspecified atom stereocenters. The second-order valence-electron chi connectivity index (χ2n) is 8.68. The van der Waals surface area contributed by atoms with Crippen LogP contribution >= 0.6 is 0 Å². The zero-order valence-electron chi connectivity index (χ0n) is 15.7. The fourth-order valence-corrected chi connectivity index (χ4v) is 6.48. The number of hydrogen-bond acceptors (Lipinski definition) is 2. The van der Waals surface area contributed by atoms with E-state index in [9.17, 15) is 4.79 Å². The van der Waals surface area contributed by atoms with Crippen LogP contribution in [0.5, 0.6) is 0 Å². The van der Waals surface area contributed by atoms with Gasteiger partial charge in [0.25, 0.3) is 0 Å². The van der Waals surface area contributed by atoms with E-state index >= 15 is 0 Å². The predicted molar refractivity (Wildman–Crippen MR) is 102 cm³/mol. The molecule has 0 N–H and O–H groups in total. The topological polar surface area (TPSA) is 29.5 Å². The lowest BCUT2D eigenvalue weighted by atomic mass is 9.61. The lowest BCUT2D eigenvalue weighted by Gasteiger charge is -2.50. The second kappa shape index (κ2) is 6.44. The van der Waals surface area contributed by atoms with Gasteiger partial charge in [-0.15, -0.1) is 0 Å². The molecule has 4 aliphatic rings. The minimum Gasteiger partial charge on any atom is -0.452 e. The first-order valence-electron chi connectivity index (χ1n) is 10.5. The highest BCUT2D eigenvalue weighted by Gasteiger charge is 2.59. The third-order valence-electron chi connectivity index (χ3n) is 7.50. The van der Waals surface area contributed by atoms with Gasteiger partial charge in [-0.1, -0.05) is 49.6 Å². The Bertz CT molecular complexity index is 719. The van der Waals surface area contributed by atoms with Crippen LogP contribution in [0, 0.1) is 23.7 Å². The van der Waals surface area contributed by atoms with E-state index in [1.807, 2.05) is 0 Å². The van der Waals surface area contributed by atoms with E-state index in [1.165, 1.54) is 62.5 Å². The summed E-state index contributed by atoms with van der Waals surface area (Å²) in [5.74, 6) is 2.87. The quantitative estimate of drug-likeness (QED) is 0.722. The van der Waals surface area contributed by atoms with Gasteiger partial charge in [0.1, 0.15) is 0 Å². The van der Waals surface area contributed by atoms with Crippen molar-refractivity contribution < 1.29 is 9.53 Å². The van der Waals surface area contributed by atoms with Crippen LogP contribution < -0.4 is 0 Å². The van der Waals surface area contributed by atoms with E-state index in [0.29, 0.717) is 17.9 Å². The monoisotopic (exact) mass is 351 g/mol. The van der Waals surface area contributed by atoms with Crippen molar-refractivity contribution >= 4 is 11.7 Å². The van der Waals surface area contributed by atoms with Crippen molar-refractivity contribution in [3.05, 3.63) is 41.6 Å². The maximum absolute atomic E-state index is 12.9. The minimum atomic E-state index is -0.137. The molecule has 3 heteroatoms. The molecular weight excluding hydrogens is 322 g/mol. The number of methoxy groups -OCH3 is 1. The maximum atomic E-state index is 12.9. The van der Waals surface area contributed by atoms with Crippen LogP contribution in [0.25, 0.3) is 5.57 Å². The Kier molecular flexibility index (Phi) is 4.06. The Morgan fingerprint density at radius 3 is 2.35 bits per heavy atom. The Morgan fingerprint density at radius 2 is 1.65 bits per heavy atom. The highest BCUT2D eigenvalue weighted by Crippen LogP contribution is 2.67. The van der Waals surface area contributed by atoms with E-state index < -0.39 is 0 Å². The average molecular weight is 351 g/mol. The molecule has 3 fully saturated rings. The van der Waals surface area contributed by atoms with Crippen molar-refractivity contribution in [3.63, 3.8) is 0 Å². The van der Waals surface area contributed by atoms with Gasteiger partial charge in [0, 0.05) is 17.7 Å². The summed E-state index contributed by atoms with van der Waals surface area (Å²) in [4.78, 5) is 15.0. The lowest BCUT2D eigenvalue weighted by Crippen LogP contribution is -2.50. The van der Waals surface area contributed by atoms with Crippen LogP contribution in [0.2, 0.25) is 0 Å². The number of fused-ring (bicyclic) bond motifs is 5. The number of nitrogens with zero attached hydrogens (tertiary/aromatic N) is 1. The van der Waals surface area contributed by atoms with Gasteiger partial charge in [0.05, 0.1) is 7.11 Å². The van der Waals surface area contributed by atoms with Crippen LogP contribution in [0.3, 0.4) is 0 Å². The van der Waals surface area contributed by atoms with Gasteiger partial charge < -0.3 is 4.74 Å². The molecule has 1 amide bonds. The molecular formula is C23H29NO2. The molecule has 5 rings (SSSR count). The highest BCUT2D eigenvalue weighted by atomic mass is 16.5. The molecule has 4 aliphatic carbocycles. The molecule has 26 heavy (non-hydrogen) atoms. The summed E-state index contributed by atoms with van der Waals surface area (Å²) < 4.78 is 5.29. The molecule has 1 aromatic carbocycles. The maximum Gasteiger partial charge on any atom is 0.414 e. The summed E-state index contributed by atoms with van der Waals surface area (Å²) in [6.07, 6.45) is 9.92. The Balaban J connectivity index is 1.60. The summed E-state index contributed by atoms with van der Waals surface area (Å²) in [6.45, 7) is 0. The van der Waals surface area contributed by atoms with Crippen LogP contribution in [0.1, 0.15) is 56.9 Å². The number of ether oxygens (including phenoxy) is 1. The molecule has 138 valence electrons. The Hall–Kier alpha value is -1.77. The lowest BCUT2D eigenvalue weighted by molar-refractivity contribution is 0.0903. The smallest absolute Gasteiger partial charge is 0.414 e. The van der Waals surface area contributed by atoms with Crippen LogP contribution in [-0.4, -0.2) is 24.1 Å². The Labute approximate surface area is 156 Å². The van der Waals surface area contributed by atoms with E-state index in [0.717, 1.165) is 24.7 Å². The molecule has 4 atom stereocenters. The summed E-state index contributed by atoms with van der Waals surface area (Å²) in [7, 11) is 1.54. The fourth-order valence-electron chi connectivity index (χ4n) is 6.48. The van der Waals surface area contributed by atoms with E-state index in [4.69, 9.17) is 4.74 Å². The van der Waals surface area contributed by atoms with Crippen molar-refractivity contribution in [2.75, 3.05) is 7.11 Å². The largest absolute Gasteiger partial charge is 0.452 e. The first kappa shape index (κ1) is 16.4. The van der Waals surface area contributed by atoms with Gasteiger partial charge in [0.15, 0.2) is 0 Å². The first-order chi connectivity index (χ1) is 12.8. The van der Waals surface area contributed by atoms with Gasteiger partial charge in [-0.25, -0.2) is 4.79 Å². The van der Waals surface area contributed by atoms with E-state index in [-0.39, 0.29) is 6.09 Å². The number of benzene rings is 1. The molecule has 0 heterocycles. The van der Waals surface area contributed by atoms with Gasteiger partial charge >= 0.3 is 6.09 Å². The first-order valence-corrected chi connectivity index (χ1v) is 10.5. The second-order valence-corrected chi connectivity index (χ2v) is 8.68. The molecule has 0 aliphatic heterocycles. The number of allylic oxidation sites excluding steroid dienone is 2. The summed E-state index contributed by atoms with van der Waals surface area (Å²) in [6, 6.07) is 11.1. The molecule has 0 radical (unpaired) electrons. The Morgan fingerprint density at radius 1 is 0.962 bits per heavy atom. The molecule has 0 aromatic heterocycles. The highest BCUT2D eigenvalue weighted by molar-refractivity contribution is 5.83. The summed E-state index contributed by atoms with van der Waals surface area (Å²) >= 11 is 0. The number of rotatable bonds is 3. The van der Waals surface area contributed by atoms with Crippen LogP contribution in [0.4, 0.5) is 4.79 Å². The van der Waals surface area contributed by atoms with Gasteiger partial charge in [-0.2, -0.15) is 0 Å². The van der Waals surface area contributed by atoms with Crippen molar-refractivity contribution in [1.82, 2.24) is 4.90 Å². The van der Waals surface area contributed by atoms with Crippen molar-refractivity contribution in [1.29, 1.82) is 0 Å². The van der Waals surface area contributed by atoms with Crippen molar-refractivity contribution in [3.8, 4) is 0 Å². The van der Waals surface area contributed by atoms with E-state index in [2.05, 4.69) is 35.2 Å². The number of carbonyl (C=O) groups is 1. The molecule has 3 nitrogen and oxygen atoms in total. The molecule has 0 saturated heterocycles. The summed E-state index contributed by atoms with van der Waals surface area (Å²) in [5, 5.41) is 0. The van der Waals surface area contributed by atoms with Crippen LogP contribution in [-0.2, 0) is 4.74 Å². The minimum absolute atomic E-state index is 0.137. The zero-order valence-corrected chi connectivity index (χ0v) is 15.7. The third-order valence-corrected chi connectivity index (χ3v) is 7.50. The average Bonchev–Trinajstić information content (AvgIpc) is 3.25. The molecule has 3 saturated carbocycles. The normalized spacial score (nSPS) is 33.0. The van der Waals surface area contributed by atoms with Gasteiger partial charge in [-0.05, 0) is 61.0 Å². The zero-order chi connectivity index (χ0) is 17.7. The molecule has 0 spiro atoms. The SMILES string of the molecule is COC(=O)N(C1=C(c2ccccc2)[C@H]2[C@@H]3CC[C@@H](C3)[C@@H]12)C1CCCCC1. The number of hydrogen-bond donors (Lipinski definition) is 0. The van der Waals surface area contributed by atoms with Crippen molar-refractivity contribution in [2.45, 2.75) is 57.4 Å². The standard InChI is InChI=1S/C23H29NO2/c1-26-23(25)24(18-10-6-3-7-11-18)22-20(15-8-4-2-5-9-15)19-16-12-13-17(14-16)21(19)22/h2,4-5,8-9,16-19,21H,3,6-7,10-14H2,1H3/t16-,17+,19-,21-/m1/s1. The molecule has 2 bridgehead atoms.